The van der Waals surface area contributed by atoms with Crippen molar-refractivity contribution in [1.29, 1.82) is 0 Å². The predicted molar refractivity (Wildman–Crippen MR) is 82.5 cm³/mol. The van der Waals surface area contributed by atoms with Crippen LogP contribution in [0.1, 0.15) is 48.9 Å². The first-order valence-electron chi connectivity index (χ1n) is 8.08. The second-order valence-corrected chi connectivity index (χ2v) is 5.90. The maximum absolute atomic E-state index is 12.0. The fraction of sp³-hybridized carbons (Fsp3) is 0.529. The molecule has 1 amide bonds. The van der Waals surface area contributed by atoms with E-state index in [0.717, 1.165) is 25.7 Å². The van der Waals surface area contributed by atoms with E-state index in [1.165, 1.54) is 12.8 Å². The highest BCUT2D eigenvalue weighted by atomic mass is 16.7. The first-order chi connectivity index (χ1) is 11.2. The molecule has 1 fully saturated rings. The molecule has 1 heterocycles. The van der Waals surface area contributed by atoms with Gasteiger partial charge in [-0.05, 0) is 31.0 Å². The molecule has 0 bridgehead atoms. The molecule has 23 heavy (non-hydrogen) atoms. The Bertz CT molecular complexity index is 578. The Morgan fingerprint density at radius 3 is 2.61 bits per heavy atom. The summed E-state index contributed by atoms with van der Waals surface area (Å²) >= 11 is 0. The summed E-state index contributed by atoms with van der Waals surface area (Å²) in [6, 6.07) is 5.02. The van der Waals surface area contributed by atoms with Gasteiger partial charge in [0.15, 0.2) is 18.1 Å². The number of hydrogen-bond donors (Lipinski definition) is 1. The Hall–Kier alpha value is -2.24. The maximum atomic E-state index is 12.0. The van der Waals surface area contributed by atoms with Crippen LogP contribution >= 0.6 is 0 Å². The standard InChI is InChI=1S/C17H21NO5/c19-16(18-13-5-3-1-2-4-6-13)10-21-17(20)12-7-8-14-15(9-12)23-11-22-14/h7-9,13H,1-6,10-11H2,(H,18,19). The summed E-state index contributed by atoms with van der Waals surface area (Å²) in [6.07, 6.45) is 6.74. The number of ether oxygens (including phenoxy) is 3. The molecule has 1 aromatic rings. The minimum Gasteiger partial charge on any atom is -0.454 e. The van der Waals surface area contributed by atoms with E-state index in [0.29, 0.717) is 17.1 Å². The molecule has 3 rings (SSSR count). The lowest BCUT2D eigenvalue weighted by Crippen LogP contribution is -2.37. The number of amides is 1. The van der Waals surface area contributed by atoms with Crippen molar-refractivity contribution in [2.75, 3.05) is 13.4 Å². The van der Waals surface area contributed by atoms with E-state index in [9.17, 15) is 9.59 Å². The van der Waals surface area contributed by atoms with Crippen LogP contribution in [0.4, 0.5) is 0 Å². The number of fused-ring (bicyclic) bond motifs is 1. The number of carbonyl (C=O) groups excluding carboxylic acids is 2. The van der Waals surface area contributed by atoms with Crippen LogP contribution in [0.2, 0.25) is 0 Å². The van der Waals surface area contributed by atoms with Crippen LogP contribution in [-0.2, 0) is 9.53 Å². The van der Waals surface area contributed by atoms with Crippen LogP contribution in [0, 0.1) is 0 Å². The van der Waals surface area contributed by atoms with E-state index in [4.69, 9.17) is 14.2 Å². The van der Waals surface area contributed by atoms with E-state index in [1.807, 2.05) is 0 Å². The number of nitrogens with one attached hydrogen (secondary N) is 1. The molecule has 0 atom stereocenters. The van der Waals surface area contributed by atoms with Crippen LogP contribution in [0.5, 0.6) is 11.5 Å². The minimum absolute atomic E-state index is 0.150. The van der Waals surface area contributed by atoms with Gasteiger partial charge in [0.1, 0.15) is 0 Å². The van der Waals surface area contributed by atoms with Gasteiger partial charge in [-0.2, -0.15) is 0 Å². The van der Waals surface area contributed by atoms with Crippen molar-refractivity contribution >= 4 is 11.9 Å². The molecule has 2 aliphatic rings. The zero-order valence-electron chi connectivity index (χ0n) is 13.0. The van der Waals surface area contributed by atoms with E-state index in [-0.39, 0.29) is 25.3 Å². The molecular weight excluding hydrogens is 298 g/mol. The number of esters is 1. The molecule has 6 nitrogen and oxygen atoms in total. The van der Waals surface area contributed by atoms with Crippen LogP contribution in [-0.4, -0.2) is 31.3 Å². The van der Waals surface area contributed by atoms with E-state index < -0.39 is 5.97 Å². The Kier molecular flexibility index (Phi) is 5.00. The molecule has 0 spiro atoms. The van der Waals surface area contributed by atoms with Crippen LogP contribution in [0.3, 0.4) is 0 Å². The largest absolute Gasteiger partial charge is 0.454 e. The van der Waals surface area contributed by atoms with E-state index >= 15 is 0 Å². The molecule has 1 aliphatic carbocycles. The molecule has 1 aliphatic heterocycles. The summed E-state index contributed by atoms with van der Waals surface area (Å²) in [6.45, 7) is -0.110. The summed E-state index contributed by atoms with van der Waals surface area (Å²) in [5.74, 6) is 0.334. The highest BCUT2D eigenvalue weighted by molar-refractivity contribution is 5.92. The third-order valence-corrected chi connectivity index (χ3v) is 4.16. The van der Waals surface area contributed by atoms with Gasteiger partial charge in [-0.1, -0.05) is 25.7 Å². The zero-order chi connectivity index (χ0) is 16.1. The van der Waals surface area contributed by atoms with Crippen LogP contribution in [0.25, 0.3) is 0 Å². The number of benzene rings is 1. The summed E-state index contributed by atoms with van der Waals surface area (Å²) in [5, 5.41) is 2.95. The van der Waals surface area contributed by atoms with Gasteiger partial charge in [0, 0.05) is 6.04 Å². The summed E-state index contributed by atoms with van der Waals surface area (Å²) in [4.78, 5) is 23.9. The SMILES string of the molecule is O=C(COC(=O)c1ccc2c(c1)OCO2)NC1CCCCCC1. The smallest absolute Gasteiger partial charge is 0.338 e. The lowest BCUT2D eigenvalue weighted by atomic mass is 10.1. The third kappa shape index (κ3) is 4.15. The molecule has 0 radical (unpaired) electrons. The van der Waals surface area contributed by atoms with E-state index in [2.05, 4.69) is 5.32 Å². The van der Waals surface area contributed by atoms with Crippen LogP contribution < -0.4 is 14.8 Å². The fourth-order valence-electron chi connectivity index (χ4n) is 2.93. The molecular formula is C17H21NO5. The average Bonchev–Trinajstić information content (AvgIpc) is 2.88. The Balaban J connectivity index is 1.47. The van der Waals surface area contributed by atoms with Crippen LogP contribution in [0.15, 0.2) is 18.2 Å². The molecule has 6 heteroatoms. The van der Waals surface area contributed by atoms with E-state index in [1.54, 1.807) is 18.2 Å². The first-order valence-corrected chi connectivity index (χ1v) is 8.08. The van der Waals surface area contributed by atoms with Crippen molar-refractivity contribution in [2.24, 2.45) is 0 Å². The molecule has 0 saturated heterocycles. The maximum Gasteiger partial charge on any atom is 0.338 e. The highest BCUT2D eigenvalue weighted by Crippen LogP contribution is 2.32. The number of carbonyl (C=O) groups is 2. The molecule has 1 aromatic carbocycles. The Morgan fingerprint density at radius 1 is 1.09 bits per heavy atom. The normalized spacial score (nSPS) is 17.4. The summed E-state index contributed by atoms with van der Waals surface area (Å²) in [5.41, 5.74) is 0.344. The van der Waals surface area contributed by atoms with Crippen molar-refractivity contribution < 1.29 is 23.8 Å². The van der Waals surface area contributed by atoms with Crippen molar-refractivity contribution in [1.82, 2.24) is 5.32 Å². The molecule has 124 valence electrons. The quantitative estimate of drug-likeness (QED) is 0.681. The molecule has 0 aromatic heterocycles. The molecule has 0 unspecified atom stereocenters. The Labute approximate surface area is 135 Å². The second-order valence-electron chi connectivity index (χ2n) is 5.90. The number of hydrogen-bond acceptors (Lipinski definition) is 5. The van der Waals surface area contributed by atoms with Gasteiger partial charge in [0.2, 0.25) is 6.79 Å². The lowest BCUT2D eigenvalue weighted by Gasteiger charge is -2.16. The number of rotatable bonds is 4. The molecule has 1 N–H and O–H groups in total. The van der Waals surface area contributed by atoms with Crippen molar-refractivity contribution in [3.63, 3.8) is 0 Å². The van der Waals surface area contributed by atoms with Gasteiger partial charge in [-0.25, -0.2) is 4.79 Å². The highest BCUT2D eigenvalue weighted by Gasteiger charge is 2.19. The zero-order valence-corrected chi connectivity index (χ0v) is 13.0. The Morgan fingerprint density at radius 2 is 1.83 bits per heavy atom. The van der Waals surface area contributed by atoms with Gasteiger partial charge in [0.25, 0.3) is 5.91 Å². The van der Waals surface area contributed by atoms with Gasteiger partial charge < -0.3 is 19.5 Å². The van der Waals surface area contributed by atoms with Gasteiger partial charge >= 0.3 is 5.97 Å². The van der Waals surface area contributed by atoms with Gasteiger partial charge in [-0.15, -0.1) is 0 Å². The van der Waals surface area contributed by atoms with Gasteiger partial charge in [0.05, 0.1) is 5.56 Å². The topological polar surface area (TPSA) is 73.9 Å². The third-order valence-electron chi connectivity index (χ3n) is 4.16. The average molecular weight is 319 g/mol. The van der Waals surface area contributed by atoms with Crippen molar-refractivity contribution in [2.45, 2.75) is 44.6 Å². The minimum atomic E-state index is -0.542. The summed E-state index contributed by atoms with van der Waals surface area (Å²) in [7, 11) is 0. The lowest BCUT2D eigenvalue weighted by molar-refractivity contribution is -0.125. The summed E-state index contributed by atoms with van der Waals surface area (Å²) < 4.78 is 15.5. The van der Waals surface area contributed by atoms with Crippen molar-refractivity contribution in [3.8, 4) is 11.5 Å². The predicted octanol–water partition coefficient (Wildman–Crippen LogP) is 2.41. The first kappa shape index (κ1) is 15.6. The monoisotopic (exact) mass is 319 g/mol. The second kappa shape index (κ2) is 7.35. The van der Waals surface area contributed by atoms with Gasteiger partial charge in [-0.3, -0.25) is 4.79 Å². The molecule has 1 saturated carbocycles. The van der Waals surface area contributed by atoms with Crippen molar-refractivity contribution in [3.05, 3.63) is 23.8 Å². The fourth-order valence-corrected chi connectivity index (χ4v) is 2.93.